The van der Waals surface area contributed by atoms with E-state index in [2.05, 4.69) is 5.32 Å². The summed E-state index contributed by atoms with van der Waals surface area (Å²) in [6.07, 6.45) is 0.848. The molecule has 2 aromatic rings. The molecule has 0 spiro atoms. The predicted octanol–water partition coefficient (Wildman–Crippen LogP) is 4.38. The fraction of sp³-hybridized carbons (Fsp3) is 0.222. The molecule has 5 nitrogen and oxygen atoms in total. The molecule has 130 valence electrons. The fourth-order valence-electron chi connectivity index (χ4n) is 2.59. The second-order valence-corrected chi connectivity index (χ2v) is 6.41. The van der Waals surface area contributed by atoms with E-state index in [0.29, 0.717) is 39.3 Å². The highest BCUT2D eigenvalue weighted by molar-refractivity contribution is 6.42. The molecular formula is C18H16Cl2N2O3. The first-order valence-corrected chi connectivity index (χ1v) is 8.59. The first kappa shape index (κ1) is 17.6. The molecule has 0 aromatic heterocycles. The van der Waals surface area contributed by atoms with Crippen molar-refractivity contribution >= 4 is 46.4 Å². The van der Waals surface area contributed by atoms with Gasteiger partial charge in [-0.05, 0) is 36.8 Å². The zero-order valence-electron chi connectivity index (χ0n) is 13.5. The predicted molar refractivity (Wildman–Crippen MR) is 99.0 cm³/mol. The van der Waals surface area contributed by atoms with E-state index in [0.717, 1.165) is 6.42 Å². The van der Waals surface area contributed by atoms with Crippen molar-refractivity contribution in [2.45, 2.75) is 13.3 Å². The van der Waals surface area contributed by atoms with Crippen molar-refractivity contribution in [3.63, 3.8) is 0 Å². The minimum atomic E-state index is -0.309. The molecular weight excluding hydrogens is 363 g/mol. The smallest absolute Gasteiger partial charge is 0.265 e. The summed E-state index contributed by atoms with van der Waals surface area (Å²) in [5, 5.41) is 3.50. The molecule has 2 aromatic carbocycles. The van der Waals surface area contributed by atoms with E-state index in [1.54, 1.807) is 35.2 Å². The first-order chi connectivity index (χ1) is 12.0. The van der Waals surface area contributed by atoms with E-state index in [9.17, 15) is 9.59 Å². The van der Waals surface area contributed by atoms with Gasteiger partial charge in [-0.25, -0.2) is 0 Å². The Bertz CT molecular complexity index is 839. The second kappa shape index (κ2) is 7.33. The van der Waals surface area contributed by atoms with E-state index in [4.69, 9.17) is 27.9 Å². The summed E-state index contributed by atoms with van der Waals surface area (Å²) in [4.78, 5) is 26.0. The quantitative estimate of drug-likeness (QED) is 0.858. The zero-order valence-corrected chi connectivity index (χ0v) is 15.0. The Morgan fingerprint density at radius 2 is 2.00 bits per heavy atom. The van der Waals surface area contributed by atoms with Crippen LogP contribution >= 0.6 is 23.2 Å². The molecule has 7 heteroatoms. The van der Waals surface area contributed by atoms with Crippen molar-refractivity contribution in [1.29, 1.82) is 0 Å². The van der Waals surface area contributed by atoms with Crippen LogP contribution in [0.1, 0.15) is 23.7 Å². The molecule has 0 radical (unpaired) electrons. The highest BCUT2D eigenvalue weighted by Gasteiger charge is 2.25. The normalized spacial score (nSPS) is 13.2. The van der Waals surface area contributed by atoms with Gasteiger partial charge >= 0.3 is 0 Å². The highest BCUT2D eigenvalue weighted by Crippen LogP contribution is 2.34. The number of amides is 2. The number of hydrogen-bond donors (Lipinski definition) is 1. The summed E-state index contributed by atoms with van der Waals surface area (Å²) in [5.41, 5.74) is 1.68. The van der Waals surface area contributed by atoms with Crippen LogP contribution in [0.2, 0.25) is 10.0 Å². The largest absolute Gasteiger partial charge is 0.481 e. The maximum absolute atomic E-state index is 12.3. The molecule has 0 aliphatic carbocycles. The van der Waals surface area contributed by atoms with Crippen molar-refractivity contribution in [2.75, 3.05) is 23.4 Å². The number of anilines is 2. The Morgan fingerprint density at radius 1 is 1.20 bits per heavy atom. The first-order valence-electron chi connectivity index (χ1n) is 7.83. The van der Waals surface area contributed by atoms with Crippen LogP contribution in [0.15, 0.2) is 36.4 Å². The molecule has 0 atom stereocenters. The zero-order chi connectivity index (χ0) is 18.0. The number of nitrogens with zero attached hydrogens (tertiary/aromatic N) is 1. The van der Waals surface area contributed by atoms with Gasteiger partial charge in [0.25, 0.3) is 11.8 Å². The molecule has 1 N–H and O–H groups in total. The van der Waals surface area contributed by atoms with Gasteiger partial charge in [-0.15, -0.1) is 0 Å². The monoisotopic (exact) mass is 378 g/mol. The van der Waals surface area contributed by atoms with Crippen LogP contribution in [0.3, 0.4) is 0 Å². The van der Waals surface area contributed by atoms with Crippen molar-refractivity contribution in [3.8, 4) is 5.75 Å². The van der Waals surface area contributed by atoms with Gasteiger partial charge < -0.3 is 15.0 Å². The molecule has 3 rings (SSSR count). The number of nitrogens with one attached hydrogen (secondary N) is 1. The van der Waals surface area contributed by atoms with Crippen LogP contribution in [0.25, 0.3) is 0 Å². The fourth-order valence-corrected chi connectivity index (χ4v) is 2.89. The van der Waals surface area contributed by atoms with Gasteiger partial charge in [-0.1, -0.05) is 30.1 Å². The van der Waals surface area contributed by atoms with Gasteiger partial charge in [0.2, 0.25) is 0 Å². The summed E-state index contributed by atoms with van der Waals surface area (Å²) < 4.78 is 5.49. The van der Waals surface area contributed by atoms with E-state index in [1.165, 1.54) is 6.07 Å². The lowest BCUT2D eigenvalue weighted by atomic mass is 10.1. The molecule has 0 saturated carbocycles. The van der Waals surface area contributed by atoms with Crippen LogP contribution < -0.4 is 15.0 Å². The van der Waals surface area contributed by atoms with Crippen LogP contribution in [0.4, 0.5) is 11.4 Å². The molecule has 0 saturated heterocycles. The molecule has 0 fully saturated rings. The number of fused-ring (bicyclic) bond motifs is 1. The number of carbonyl (C=O) groups excluding carboxylic acids is 2. The highest BCUT2D eigenvalue weighted by atomic mass is 35.5. The molecule has 1 aliphatic heterocycles. The minimum Gasteiger partial charge on any atom is -0.481 e. The molecule has 0 bridgehead atoms. The molecule has 1 heterocycles. The number of benzene rings is 2. The SMILES string of the molecule is CCCN1C(=O)COc2cc(NC(=O)c3ccc(Cl)c(Cl)c3)ccc21. The van der Waals surface area contributed by atoms with Crippen LogP contribution in [0.5, 0.6) is 5.75 Å². The standard InChI is InChI=1S/C18H16Cl2N2O3/c1-2-7-22-15-6-4-12(9-16(15)25-10-17(22)23)21-18(24)11-3-5-13(19)14(20)8-11/h3-6,8-9H,2,7,10H2,1H3,(H,21,24). The average Bonchev–Trinajstić information content (AvgIpc) is 2.60. The second-order valence-electron chi connectivity index (χ2n) is 5.60. The summed E-state index contributed by atoms with van der Waals surface area (Å²) in [6.45, 7) is 2.63. The lowest BCUT2D eigenvalue weighted by Gasteiger charge is -2.29. The van der Waals surface area contributed by atoms with Crippen LogP contribution in [0, 0.1) is 0 Å². The maximum Gasteiger partial charge on any atom is 0.265 e. The van der Waals surface area contributed by atoms with Crippen molar-refractivity contribution in [3.05, 3.63) is 52.0 Å². The van der Waals surface area contributed by atoms with Crippen LogP contribution in [-0.4, -0.2) is 25.0 Å². The Balaban J connectivity index is 1.81. The number of hydrogen-bond acceptors (Lipinski definition) is 3. The summed E-state index contributed by atoms with van der Waals surface area (Å²) >= 11 is 11.8. The minimum absolute atomic E-state index is 0.00279. The Labute approximate surface area is 155 Å². The van der Waals surface area contributed by atoms with Gasteiger partial charge in [0.15, 0.2) is 6.61 Å². The van der Waals surface area contributed by atoms with Crippen molar-refractivity contribution in [1.82, 2.24) is 0 Å². The number of halogens is 2. The van der Waals surface area contributed by atoms with E-state index in [-0.39, 0.29) is 18.4 Å². The summed E-state index contributed by atoms with van der Waals surface area (Å²) in [7, 11) is 0. The van der Waals surface area contributed by atoms with Crippen molar-refractivity contribution in [2.24, 2.45) is 0 Å². The Hall–Kier alpha value is -2.24. The number of rotatable bonds is 4. The Morgan fingerprint density at radius 3 is 2.72 bits per heavy atom. The lowest BCUT2D eigenvalue weighted by Crippen LogP contribution is -2.39. The van der Waals surface area contributed by atoms with E-state index < -0.39 is 0 Å². The third-order valence-electron chi connectivity index (χ3n) is 3.79. The van der Waals surface area contributed by atoms with Gasteiger partial charge in [-0.2, -0.15) is 0 Å². The molecule has 2 amide bonds. The number of ether oxygens (including phenoxy) is 1. The molecule has 25 heavy (non-hydrogen) atoms. The Kier molecular flexibility index (Phi) is 5.16. The van der Waals surface area contributed by atoms with Crippen LogP contribution in [-0.2, 0) is 4.79 Å². The van der Waals surface area contributed by atoms with Crippen molar-refractivity contribution < 1.29 is 14.3 Å². The summed E-state index contributed by atoms with van der Waals surface area (Å²) in [6, 6.07) is 9.89. The van der Waals surface area contributed by atoms with Gasteiger partial charge in [0.1, 0.15) is 5.75 Å². The topological polar surface area (TPSA) is 58.6 Å². The van der Waals surface area contributed by atoms with Gasteiger partial charge in [0.05, 0.1) is 15.7 Å². The maximum atomic E-state index is 12.3. The lowest BCUT2D eigenvalue weighted by molar-refractivity contribution is -0.121. The third-order valence-corrected chi connectivity index (χ3v) is 4.53. The summed E-state index contributed by atoms with van der Waals surface area (Å²) in [5.74, 6) is 0.192. The van der Waals surface area contributed by atoms with Gasteiger partial charge in [0, 0.05) is 23.9 Å². The molecule has 1 aliphatic rings. The van der Waals surface area contributed by atoms with E-state index in [1.807, 2.05) is 6.92 Å². The van der Waals surface area contributed by atoms with E-state index >= 15 is 0 Å². The van der Waals surface area contributed by atoms with Gasteiger partial charge in [-0.3, -0.25) is 9.59 Å². The number of carbonyl (C=O) groups is 2. The third kappa shape index (κ3) is 3.72. The molecule has 0 unspecified atom stereocenters. The average molecular weight is 379 g/mol.